The number of carbonyl (C=O) groups is 1. The summed E-state index contributed by atoms with van der Waals surface area (Å²) >= 11 is 0. The molecular weight excluding hydrogens is 360 g/mol. The second-order valence-corrected chi connectivity index (χ2v) is 8.45. The molecule has 4 nitrogen and oxygen atoms in total. The van der Waals surface area contributed by atoms with Gasteiger partial charge in [-0.3, -0.25) is 4.79 Å². The molecule has 0 aromatic heterocycles. The Morgan fingerprint density at radius 2 is 2.00 bits per heavy atom. The van der Waals surface area contributed by atoms with Crippen LogP contribution in [0.3, 0.4) is 0 Å². The lowest BCUT2D eigenvalue weighted by atomic mass is 9.91. The molecule has 1 amide bonds. The van der Waals surface area contributed by atoms with E-state index >= 15 is 0 Å². The van der Waals surface area contributed by atoms with E-state index < -0.39 is 0 Å². The van der Waals surface area contributed by atoms with Crippen molar-refractivity contribution < 1.29 is 9.53 Å². The van der Waals surface area contributed by atoms with Gasteiger partial charge in [-0.05, 0) is 62.6 Å². The molecule has 1 aromatic carbocycles. The molecule has 1 aromatic rings. The number of hydrogen-bond donors (Lipinski definition) is 2. The van der Waals surface area contributed by atoms with E-state index in [2.05, 4.69) is 37.5 Å². The molecule has 2 unspecified atom stereocenters. The lowest BCUT2D eigenvalue weighted by Crippen LogP contribution is -2.35. The maximum atomic E-state index is 13.0. The molecule has 1 saturated heterocycles. The van der Waals surface area contributed by atoms with Crippen molar-refractivity contribution in [2.75, 3.05) is 19.7 Å². The van der Waals surface area contributed by atoms with Crippen LogP contribution >= 0.6 is 12.4 Å². The van der Waals surface area contributed by atoms with Crippen molar-refractivity contribution in [1.82, 2.24) is 10.6 Å². The number of benzene rings is 1. The molecule has 1 saturated carbocycles. The van der Waals surface area contributed by atoms with Crippen LogP contribution in [0.25, 0.3) is 0 Å². The Morgan fingerprint density at radius 1 is 1.30 bits per heavy atom. The Morgan fingerprint density at radius 3 is 2.67 bits per heavy atom. The number of piperidine rings is 1. The molecule has 152 valence electrons. The van der Waals surface area contributed by atoms with Gasteiger partial charge in [-0.15, -0.1) is 12.4 Å². The molecule has 1 heterocycles. The van der Waals surface area contributed by atoms with Gasteiger partial charge in [0, 0.05) is 11.5 Å². The molecule has 2 fully saturated rings. The summed E-state index contributed by atoms with van der Waals surface area (Å²) in [5, 5.41) is 6.79. The van der Waals surface area contributed by atoms with Gasteiger partial charge in [-0.2, -0.15) is 0 Å². The standard InChI is InChI=1S/C22H34N2O2.ClH/c1-4-13-26-20-8-6-5-7-17(20)19(14-16(2)3)24-21(25)18-15-22(18)9-11-23-12-10-22;/h5-8,16,18-19,23H,4,9-15H2,1-3H3,(H,24,25);1H. The van der Waals surface area contributed by atoms with Crippen LogP contribution in [-0.2, 0) is 4.79 Å². The van der Waals surface area contributed by atoms with E-state index in [-0.39, 0.29) is 35.7 Å². The zero-order valence-corrected chi connectivity index (χ0v) is 17.7. The van der Waals surface area contributed by atoms with E-state index in [0.29, 0.717) is 12.5 Å². The summed E-state index contributed by atoms with van der Waals surface area (Å²) in [6, 6.07) is 8.20. The minimum absolute atomic E-state index is 0. The molecule has 0 bridgehead atoms. The molecule has 2 aliphatic rings. The number of amides is 1. The van der Waals surface area contributed by atoms with E-state index in [1.165, 1.54) is 0 Å². The average molecular weight is 395 g/mol. The normalized spacial score (nSPS) is 21.4. The molecule has 3 rings (SSSR count). The maximum Gasteiger partial charge on any atom is 0.224 e. The quantitative estimate of drug-likeness (QED) is 0.682. The van der Waals surface area contributed by atoms with Gasteiger partial charge in [-0.25, -0.2) is 0 Å². The molecule has 2 N–H and O–H groups in total. The lowest BCUT2D eigenvalue weighted by molar-refractivity contribution is -0.124. The Hall–Kier alpha value is -1.26. The predicted molar refractivity (Wildman–Crippen MR) is 112 cm³/mol. The van der Waals surface area contributed by atoms with Crippen LogP contribution in [0.5, 0.6) is 5.75 Å². The second-order valence-electron chi connectivity index (χ2n) is 8.45. The Bertz CT molecular complexity index is 614. The first kappa shape index (κ1) is 22.0. The molecule has 1 aliphatic heterocycles. The highest BCUT2D eigenvalue weighted by molar-refractivity contribution is 5.85. The van der Waals surface area contributed by atoms with Crippen LogP contribution in [0.4, 0.5) is 0 Å². The summed E-state index contributed by atoms with van der Waals surface area (Å²) in [5.41, 5.74) is 1.39. The van der Waals surface area contributed by atoms with Crippen LogP contribution in [0.15, 0.2) is 24.3 Å². The van der Waals surface area contributed by atoms with E-state index in [0.717, 1.165) is 56.5 Å². The van der Waals surface area contributed by atoms with Gasteiger partial charge < -0.3 is 15.4 Å². The minimum Gasteiger partial charge on any atom is -0.493 e. The van der Waals surface area contributed by atoms with Crippen molar-refractivity contribution in [2.45, 2.75) is 58.9 Å². The van der Waals surface area contributed by atoms with Gasteiger partial charge in [0.2, 0.25) is 5.91 Å². The molecule has 2 atom stereocenters. The van der Waals surface area contributed by atoms with Crippen molar-refractivity contribution in [3.63, 3.8) is 0 Å². The van der Waals surface area contributed by atoms with E-state index in [1.54, 1.807) is 0 Å². The van der Waals surface area contributed by atoms with Crippen LogP contribution in [0.2, 0.25) is 0 Å². The third-order valence-electron chi connectivity index (χ3n) is 5.89. The number of rotatable bonds is 8. The van der Waals surface area contributed by atoms with Gasteiger partial charge >= 0.3 is 0 Å². The highest BCUT2D eigenvalue weighted by atomic mass is 35.5. The first-order valence-electron chi connectivity index (χ1n) is 10.3. The highest BCUT2D eigenvalue weighted by Gasteiger charge is 2.57. The molecule has 5 heteroatoms. The lowest BCUT2D eigenvalue weighted by Gasteiger charge is -2.26. The third kappa shape index (κ3) is 5.39. The number of halogens is 1. The van der Waals surface area contributed by atoms with Gasteiger partial charge in [0.15, 0.2) is 0 Å². The number of para-hydroxylation sites is 1. The summed E-state index contributed by atoms with van der Waals surface area (Å²) in [5.74, 6) is 1.85. The second kappa shape index (κ2) is 9.79. The van der Waals surface area contributed by atoms with Crippen LogP contribution in [-0.4, -0.2) is 25.6 Å². The Labute approximate surface area is 170 Å². The fourth-order valence-electron chi connectivity index (χ4n) is 4.31. The molecule has 27 heavy (non-hydrogen) atoms. The predicted octanol–water partition coefficient (Wildman–Crippen LogP) is 4.49. The first-order valence-corrected chi connectivity index (χ1v) is 10.3. The van der Waals surface area contributed by atoms with Crippen molar-refractivity contribution in [3.05, 3.63) is 29.8 Å². The minimum atomic E-state index is 0. The van der Waals surface area contributed by atoms with Gasteiger partial charge in [-0.1, -0.05) is 39.0 Å². The highest BCUT2D eigenvalue weighted by Crippen LogP contribution is 2.58. The monoisotopic (exact) mass is 394 g/mol. The maximum absolute atomic E-state index is 13.0. The molecular formula is C22H35ClN2O2. The number of nitrogens with one attached hydrogen (secondary N) is 2. The topological polar surface area (TPSA) is 50.4 Å². The Kier molecular flexibility index (Phi) is 7.99. The first-order chi connectivity index (χ1) is 12.6. The molecule has 0 radical (unpaired) electrons. The largest absolute Gasteiger partial charge is 0.493 e. The fraction of sp³-hybridized carbons (Fsp3) is 0.682. The molecule has 1 aliphatic carbocycles. The summed E-state index contributed by atoms with van der Waals surface area (Å²) < 4.78 is 5.96. The molecule has 1 spiro atoms. The Balaban J connectivity index is 0.00000261. The van der Waals surface area contributed by atoms with Gasteiger partial charge in [0.1, 0.15) is 5.75 Å². The van der Waals surface area contributed by atoms with Crippen LogP contribution in [0.1, 0.15) is 64.5 Å². The zero-order valence-electron chi connectivity index (χ0n) is 16.9. The van der Waals surface area contributed by atoms with E-state index in [9.17, 15) is 4.79 Å². The smallest absolute Gasteiger partial charge is 0.224 e. The summed E-state index contributed by atoms with van der Waals surface area (Å²) in [6.45, 7) is 9.33. The van der Waals surface area contributed by atoms with Crippen molar-refractivity contribution in [1.29, 1.82) is 0 Å². The number of ether oxygens (including phenoxy) is 1. The van der Waals surface area contributed by atoms with Crippen LogP contribution < -0.4 is 15.4 Å². The summed E-state index contributed by atoms with van der Waals surface area (Å²) in [4.78, 5) is 13.0. The van der Waals surface area contributed by atoms with E-state index in [4.69, 9.17) is 4.74 Å². The van der Waals surface area contributed by atoms with Gasteiger partial charge in [0.25, 0.3) is 0 Å². The van der Waals surface area contributed by atoms with Crippen LogP contribution in [0, 0.1) is 17.3 Å². The summed E-state index contributed by atoms with van der Waals surface area (Å²) in [7, 11) is 0. The zero-order chi connectivity index (χ0) is 18.6. The third-order valence-corrected chi connectivity index (χ3v) is 5.89. The van der Waals surface area contributed by atoms with Crippen molar-refractivity contribution >= 4 is 18.3 Å². The average Bonchev–Trinajstić information content (AvgIpc) is 3.33. The fourth-order valence-corrected chi connectivity index (χ4v) is 4.31. The van der Waals surface area contributed by atoms with Gasteiger partial charge in [0.05, 0.1) is 12.6 Å². The van der Waals surface area contributed by atoms with E-state index in [1.807, 2.05) is 18.2 Å². The van der Waals surface area contributed by atoms with Crippen molar-refractivity contribution in [2.24, 2.45) is 17.3 Å². The summed E-state index contributed by atoms with van der Waals surface area (Å²) in [6.07, 6.45) is 5.24. The number of hydrogen-bond acceptors (Lipinski definition) is 3. The van der Waals surface area contributed by atoms with Crippen molar-refractivity contribution in [3.8, 4) is 5.75 Å². The SMILES string of the molecule is CCCOc1ccccc1C(CC(C)C)NC(=O)C1CC12CCNCC2.Cl. The number of carbonyl (C=O) groups excluding carboxylic acids is 1.